The van der Waals surface area contributed by atoms with E-state index in [2.05, 4.69) is 12.1 Å². The van der Waals surface area contributed by atoms with Crippen molar-refractivity contribution in [1.82, 2.24) is 0 Å². The molecule has 0 heterocycles. The van der Waals surface area contributed by atoms with Gasteiger partial charge in [0.2, 0.25) is 0 Å². The van der Waals surface area contributed by atoms with E-state index in [9.17, 15) is 12.9 Å². The fourth-order valence-electron chi connectivity index (χ4n) is 2.81. The summed E-state index contributed by atoms with van der Waals surface area (Å²) in [5.74, 6) is 0.841. The molecule has 1 aliphatic rings. The Bertz CT molecular complexity index is 667. The van der Waals surface area contributed by atoms with Crippen molar-refractivity contribution in [2.75, 3.05) is 6.61 Å². The van der Waals surface area contributed by atoms with Gasteiger partial charge in [0.1, 0.15) is 5.75 Å². The van der Waals surface area contributed by atoms with E-state index < -0.39 is 12.4 Å². The van der Waals surface area contributed by atoms with Crippen LogP contribution >= 0.6 is 0 Å². The van der Waals surface area contributed by atoms with Crippen LogP contribution in [0.2, 0.25) is 0 Å². The maximum atomic E-state index is 12.7. The van der Waals surface area contributed by atoms with E-state index in [1.807, 2.05) is 12.1 Å². The van der Waals surface area contributed by atoms with Gasteiger partial charge >= 0.3 is 6.98 Å². The fraction of sp³-hybridized carbons (Fsp3) is 0.250. The zero-order chi connectivity index (χ0) is 15.0. The maximum absolute atomic E-state index is 12.7. The molecule has 0 saturated carbocycles. The van der Waals surface area contributed by atoms with E-state index >= 15 is 0 Å². The Morgan fingerprint density at radius 2 is 1.90 bits per heavy atom. The fourth-order valence-corrected chi connectivity index (χ4v) is 2.81. The Hall–Kier alpha value is -1.91. The second-order valence-electron chi connectivity index (χ2n) is 5.50. The molecular weight excluding hydrogens is 276 g/mol. The van der Waals surface area contributed by atoms with Crippen molar-refractivity contribution in [2.45, 2.75) is 19.3 Å². The molecule has 0 aliphatic heterocycles. The Morgan fingerprint density at radius 1 is 1.14 bits per heavy atom. The Balaban J connectivity index is 1.66. The summed E-state index contributed by atoms with van der Waals surface area (Å²) in [4.78, 5) is 0. The van der Waals surface area contributed by atoms with Crippen LogP contribution in [-0.4, -0.2) is 13.6 Å². The van der Waals surface area contributed by atoms with E-state index in [0.717, 1.165) is 12.5 Å². The molecule has 0 aromatic heterocycles. The van der Waals surface area contributed by atoms with Crippen LogP contribution in [0.4, 0.5) is 12.9 Å². The van der Waals surface area contributed by atoms with E-state index in [4.69, 9.17) is 4.74 Å². The van der Waals surface area contributed by atoms with Gasteiger partial charge in [-0.2, -0.15) is 0 Å². The summed E-state index contributed by atoms with van der Waals surface area (Å²) in [7, 11) is 0. The normalized spacial score (nSPS) is 17.0. The van der Waals surface area contributed by atoms with Gasteiger partial charge in [-0.05, 0) is 36.6 Å². The SMILES string of the molecule is Cc1cc(OCC2Cc3ccccc32)ccc1[B-](F)(F)F. The molecule has 110 valence electrons. The largest absolute Gasteiger partial charge is 0.509 e. The first kappa shape index (κ1) is 14.0. The van der Waals surface area contributed by atoms with E-state index in [1.165, 1.54) is 30.2 Å². The summed E-state index contributed by atoms with van der Waals surface area (Å²) in [5.41, 5.74) is 2.28. The lowest BCUT2D eigenvalue weighted by Crippen LogP contribution is -2.36. The van der Waals surface area contributed by atoms with Crippen molar-refractivity contribution >= 4 is 12.4 Å². The molecule has 0 saturated heterocycles. The number of benzene rings is 2. The van der Waals surface area contributed by atoms with Gasteiger partial charge in [-0.25, -0.2) is 0 Å². The van der Waals surface area contributed by atoms with Crippen molar-refractivity contribution < 1.29 is 17.7 Å². The second-order valence-corrected chi connectivity index (χ2v) is 5.50. The first-order valence-corrected chi connectivity index (χ1v) is 6.96. The third-order valence-electron chi connectivity index (χ3n) is 4.01. The zero-order valence-electron chi connectivity index (χ0n) is 11.7. The molecule has 2 aromatic rings. The molecule has 21 heavy (non-hydrogen) atoms. The number of hydrogen-bond donors (Lipinski definition) is 0. The molecule has 1 nitrogen and oxygen atoms in total. The van der Waals surface area contributed by atoms with Crippen molar-refractivity contribution in [3.05, 3.63) is 59.2 Å². The lowest BCUT2D eigenvalue weighted by Gasteiger charge is -2.30. The Kier molecular flexibility index (Phi) is 3.43. The van der Waals surface area contributed by atoms with E-state index in [-0.39, 0.29) is 5.56 Å². The molecule has 1 unspecified atom stereocenters. The van der Waals surface area contributed by atoms with Gasteiger partial charge in [0.15, 0.2) is 0 Å². The molecule has 1 aliphatic carbocycles. The highest BCUT2D eigenvalue weighted by atomic mass is 19.4. The number of rotatable bonds is 4. The van der Waals surface area contributed by atoms with Gasteiger partial charge < -0.3 is 17.7 Å². The van der Waals surface area contributed by atoms with Crippen molar-refractivity contribution in [2.24, 2.45) is 0 Å². The minimum Gasteiger partial charge on any atom is -0.493 e. The number of aryl methyl sites for hydroxylation is 1. The molecule has 2 aromatic carbocycles. The molecule has 5 heteroatoms. The summed E-state index contributed by atoms with van der Waals surface area (Å²) >= 11 is 0. The van der Waals surface area contributed by atoms with Gasteiger partial charge in [0.25, 0.3) is 0 Å². The summed E-state index contributed by atoms with van der Waals surface area (Å²) in [5, 5.41) is 0. The van der Waals surface area contributed by atoms with Crippen LogP contribution < -0.4 is 10.2 Å². The zero-order valence-corrected chi connectivity index (χ0v) is 11.7. The lowest BCUT2D eigenvalue weighted by molar-refractivity contribution is 0.275. The third-order valence-corrected chi connectivity index (χ3v) is 4.01. The predicted octanol–water partition coefficient (Wildman–Crippen LogP) is 3.77. The molecule has 0 spiro atoms. The molecule has 0 fully saturated rings. The van der Waals surface area contributed by atoms with Crippen molar-refractivity contribution in [3.63, 3.8) is 0 Å². The Morgan fingerprint density at radius 3 is 2.57 bits per heavy atom. The quantitative estimate of drug-likeness (QED) is 0.779. The molecule has 0 radical (unpaired) electrons. The van der Waals surface area contributed by atoms with Crippen LogP contribution in [0.25, 0.3) is 0 Å². The van der Waals surface area contributed by atoms with Crippen LogP contribution in [0.1, 0.15) is 22.6 Å². The highest BCUT2D eigenvalue weighted by Gasteiger charge is 2.28. The molecule has 3 rings (SSSR count). The molecular formula is C16H15BF3O-. The first-order chi connectivity index (χ1) is 9.95. The highest BCUT2D eigenvalue weighted by molar-refractivity contribution is 6.74. The number of fused-ring (bicyclic) bond motifs is 1. The summed E-state index contributed by atoms with van der Waals surface area (Å²) < 4.78 is 43.9. The summed E-state index contributed by atoms with van der Waals surface area (Å²) in [6.45, 7) is -2.98. The van der Waals surface area contributed by atoms with Crippen LogP contribution in [0.5, 0.6) is 5.75 Å². The number of hydrogen-bond acceptors (Lipinski definition) is 1. The Labute approximate surface area is 121 Å². The molecule has 0 N–H and O–H groups in total. The minimum absolute atomic E-state index is 0.217. The molecule has 1 atom stereocenters. The third kappa shape index (κ3) is 2.78. The monoisotopic (exact) mass is 291 g/mol. The standard InChI is InChI=1S/C16H15BF3O/c1-11-8-14(6-7-16(11)17(18,19)20)21-10-13-9-12-4-2-3-5-15(12)13/h2-8,13H,9-10H2,1H3/q-1. The smallest absolute Gasteiger partial charge is 0.493 e. The second kappa shape index (κ2) is 5.13. The van der Waals surface area contributed by atoms with Crippen molar-refractivity contribution in [3.8, 4) is 5.75 Å². The molecule has 0 amide bonds. The minimum atomic E-state index is -4.96. The van der Waals surface area contributed by atoms with E-state index in [1.54, 1.807) is 0 Å². The number of ether oxygens (including phenoxy) is 1. The highest BCUT2D eigenvalue weighted by Crippen LogP contribution is 2.35. The first-order valence-electron chi connectivity index (χ1n) is 6.96. The topological polar surface area (TPSA) is 9.23 Å². The van der Waals surface area contributed by atoms with Crippen molar-refractivity contribution in [1.29, 1.82) is 0 Å². The van der Waals surface area contributed by atoms with Gasteiger partial charge in [0.05, 0.1) is 6.61 Å². The van der Waals surface area contributed by atoms with Crippen LogP contribution in [0.15, 0.2) is 42.5 Å². The average molecular weight is 291 g/mol. The van der Waals surface area contributed by atoms with Gasteiger partial charge in [0, 0.05) is 5.92 Å². The van der Waals surface area contributed by atoms with Crippen LogP contribution in [0, 0.1) is 6.92 Å². The average Bonchev–Trinajstić information content (AvgIpc) is 2.38. The predicted molar refractivity (Wildman–Crippen MR) is 78.3 cm³/mol. The van der Waals surface area contributed by atoms with E-state index in [0.29, 0.717) is 18.3 Å². The summed E-state index contributed by atoms with van der Waals surface area (Å²) in [6, 6.07) is 12.2. The maximum Gasteiger partial charge on any atom is 0.509 e. The lowest BCUT2D eigenvalue weighted by atomic mass is 9.77. The molecule has 0 bridgehead atoms. The van der Waals surface area contributed by atoms with Crippen LogP contribution in [-0.2, 0) is 6.42 Å². The number of halogens is 3. The van der Waals surface area contributed by atoms with Gasteiger partial charge in [-0.1, -0.05) is 35.9 Å². The van der Waals surface area contributed by atoms with Crippen LogP contribution in [0.3, 0.4) is 0 Å². The summed E-state index contributed by atoms with van der Waals surface area (Å²) in [6.07, 6.45) is 0.971. The van der Waals surface area contributed by atoms with Gasteiger partial charge in [-0.3, -0.25) is 0 Å². The van der Waals surface area contributed by atoms with Gasteiger partial charge in [-0.15, -0.1) is 5.46 Å².